The van der Waals surface area contributed by atoms with Gasteiger partial charge in [0, 0.05) is 25.2 Å². The van der Waals surface area contributed by atoms with Gasteiger partial charge in [-0.25, -0.2) is 4.98 Å². The lowest BCUT2D eigenvalue weighted by Crippen LogP contribution is -2.23. The lowest BCUT2D eigenvalue weighted by Gasteiger charge is -2.01. The first-order chi connectivity index (χ1) is 12.3. The number of nitrogens with zero attached hydrogens (tertiary/aromatic N) is 4. The van der Waals surface area contributed by atoms with Crippen molar-refractivity contribution in [3.8, 4) is 11.6 Å². The van der Waals surface area contributed by atoms with Gasteiger partial charge < -0.3 is 18.7 Å². The Morgan fingerprint density at radius 1 is 1.20 bits per heavy atom. The molecule has 8 nitrogen and oxygen atoms in total. The minimum atomic E-state index is -0.102. The van der Waals surface area contributed by atoms with E-state index in [0.29, 0.717) is 30.4 Å². The van der Waals surface area contributed by atoms with Crippen LogP contribution < -0.4 is 5.32 Å². The van der Waals surface area contributed by atoms with Crippen LogP contribution in [-0.2, 0) is 17.8 Å². The number of fused-ring (bicyclic) bond motifs is 1. The molecule has 0 aromatic carbocycles. The number of aryl methyl sites for hydroxylation is 1. The highest BCUT2D eigenvalue weighted by Crippen LogP contribution is 2.16. The monoisotopic (exact) mass is 337 g/mol. The fraction of sp³-hybridized carbons (Fsp3) is 0.176. The number of carbonyl (C=O) groups excluding carboxylic acids is 1. The van der Waals surface area contributed by atoms with Crippen molar-refractivity contribution < 1.29 is 13.7 Å². The number of amides is 1. The maximum absolute atomic E-state index is 12.0. The second kappa shape index (κ2) is 6.60. The zero-order chi connectivity index (χ0) is 17.1. The summed E-state index contributed by atoms with van der Waals surface area (Å²) in [5, 5.41) is 6.67. The summed E-state index contributed by atoms with van der Waals surface area (Å²) in [4.78, 5) is 20.6. The molecule has 0 radical (unpaired) electrons. The van der Waals surface area contributed by atoms with Crippen LogP contribution in [0.1, 0.15) is 18.0 Å². The number of pyridine rings is 1. The molecule has 4 heterocycles. The molecule has 126 valence electrons. The van der Waals surface area contributed by atoms with Crippen molar-refractivity contribution in [1.82, 2.24) is 24.8 Å². The van der Waals surface area contributed by atoms with Crippen molar-refractivity contribution in [1.29, 1.82) is 0 Å². The minimum absolute atomic E-state index is 0.102. The van der Waals surface area contributed by atoms with E-state index in [1.54, 1.807) is 12.1 Å². The van der Waals surface area contributed by atoms with Crippen LogP contribution in [0.3, 0.4) is 0 Å². The molecule has 1 amide bonds. The van der Waals surface area contributed by atoms with Gasteiger partial charge in [-0.15, -0.1) is 0 Å². The summed E-state index contributed by atoms with van der Waals surface area (Å²) in [6.45, 7) is 0.377. The Balaban J connectivity index is 1.29. The second-order valence-electron chi connectivity index (χ2n) is 5.46. The third-order valence-electron chi connectivity index (χ3n) is 3.66. The molecule has 8 heteroatoms. The maximum Gasteiger partial charge on any atom is 0.238 e. The fourth-order valence-corrected chi connectivity index (χ4v) is 2.43. The normalized spacial score (nSPS) is 11.0. The Morgan fingerprint density at radius 2 is 2.16 bits per heavy atom. The van der Waals surface area contributed by atoms with Gasteiger partial charge in [-0.1, -0.05) is 11.2 Å². The average molecular weight is 337 g/mol. The number of carbonyl (C=O) groups is 1. The SMILES string of the molecule is O=C(CCc1nc(-c2ccco2)no1)NCc1cn2ccccc2n1. The van der Waals surface area contributed by atoms with Gasteiger partial charge in [-0.2, -0.15) is 4.98 Å². The zero-order valence-corrected chi connectivity index (χ0v) is 13.3. The lowest BCUT2D eigenvalue weighted by atomic mass is 10.3. The van der Waals surface area contributed by atoms with Gasteiger partial charge in [-0.3, -0.25) is 4.79 Å². The predicted molar refractivity (Wildman–Crippen MR) is 87.4 cm³/mol. The summed E-state index contributed by atoms with van der Waals surface area (Å²) >= 11 is 0. The summed E-state index contributed by atoms with van der Waals surface area (Å²) in [7, 11) is 0. The molecule has 0 fully saturated rings. The van der Waals surface area contributed by atoms with E-state index in [1.165, 1.54) is 6.26 Å². The van der Waals surface area contributed by atoms with Gasteiger partial charge in [0.1, 0.15) is 5.65 Å². The Kier molecular flexibility index (Phi) is 3.99. The summed E-state index contributed by atoms with van der Waals surface area (Å²) in [5.74, 6) is 1.21. The molecule has 0 aliphatic rings. The molecule has 25 heavy (non-hydrogen) atoms. The first kappa shape index (κ1) is 15.1. The van der Waals surface area contributed by atoms with E-state index >= 15 is 0 Å². The van der Waals surface area contributed by atoms with E-state index in [1.807, 2.05) is 35.0 Å². The van der Waals surface area contributed by atoms with Gasteiger partial charge in [0.2, 0.25) is 17.6 Å². The highest BCUT2D eigenvalue weighted by molar-refractivity contribution is 5.76. The Bertz CT molecular complexity index is 954. The Morgan fingerprint density at radius 3 is 3.00 bits per heavy atom. The van der Waals surface area contributed by atoms with E-state index in [4.69, 9.17) is 8.94 Å². The van der Waals surface area contributed by atoms with Gasteiger partial charge in [0.05, 0.1) is 18.5 Å². The molecule has 4 aromatic heterocycles. The topological polar surface area (TPSA) is 98.5 Å². The van der Waals surface area contributed by atoms with Gasteiger partial charge in [0.15, 0.2) is 5.76 Å². The lowest BCUT2D eigenvalue weighted by molar-refractivity contribution is -0.121. The van der Waals surface area contributed by atoms with Crippen molar-refractivity contribution in [2.24, 2.45) is 0 Å². The predicted octanol–water partition coefficient (Wildman–Crippen LogP) is 2.23. The van der Waals surface area contributed by atoms with Crippen LogP contribution in [-0.4, -0.2) is 25.4 Å². The highest BCUT2D eigenvalue weighted by atomic mass is 16.5. The van der Waals surface area contributed by atoms with Crippen LogP contribution in [0.4, 0.5) is 0 Å². The number of furan rings is 1. The molecule has 1 N–H and O–H groups in total. The Hall–Kier alpha value is -3.42. The van der Waals surface area contributed by atoms with Gasteiger partial charge >= 0.3 is 0 Å². The van der Waals surface area contributed by atoms with Crippen molar-refractivity contribution in [3.63, 3.8) is 0 Å². The molecule has 0 unspecified atom stereocenters. The molecular formula is C17H15N5O3. The van der Waals surface area contributed by atoms with Crippen molar-refractivity contribution in [3.05, 3.63) is 60.6 Å². The first-order valence-corrected chi connectivity index (χ1v) is 7.84. The van der Waals surface area contributed by atoms with Crippen molar-refractivity contribution in [2.45, 2.75) is 19.4 Å². The smallest absolute Gasteiger partial charge is 0.238 e. The molecular weight excluding hydrogens is 322 g/mol. The van der Waals surface area contributed by atoms with Crippen LogP contribution in [0.5, 0.6) is 0 Å². The maximum atomic E-state index is 12.0. The van der Waals surface area contributed by atoms with Gasteiger partial charge in [-0.05, 0) is 24.3 Å². The number of rotatable bonds is 6. The van der Waals surface area contributed by atoms with Gasteiger partial charge in [0.25, 0.3) is 0 Å². The Labute approximate surface area is 142 Å². The van der Waals surface area contributed by atoms with E-state index in [-0.39, 0.29) is 12.3 Å². The van der Waals surface area contributed by atoms with E-state index in [2.05, 4.69) is 20.4 Å². The molecule has 0 saturated heterocycles. The highest BCUT2D eigenvalue weighted by Gasteiger charge is 2.12. The molecule has 0 saturated carbocycles. The number of aromatic nitrogens is 4. The third-order valence-corrected chi connectivity index (χ3v) is 3.66. The minimum Gasteiger partial charge on any atom is -0.461 e. The first-order valence-electron chi connectivity index (χ1n) is 7.84. The molecule has 0 aliphatic carbocycles. The summed E-state index contributed by atoms with van der Waals surface area (Å²) in [5.41, 5.74) is 1.65. The molecule has 4 aromatic rings. The van der Waals surface area contributed by atoms with Crippen molar-refractivity contribution in [2.75, 3.05) is 0 Å². The van der Waals surface area contributed by atoms with E-state index in [0.717, 1.165) is 11.3 Å². The number of hydrogen-bond acceptors (Lipinski definition) is 6. The number of hydrogen-bond donors (Lipinski definition) is 1. The van der Waals surface area contributed by atoms with Crippen molar-refractivity contribution >= 4 is 11.6 Å². The number of nitrogens with one attached hydrogen (secondary N) is 1. The average Bonchev–Trinajstić information content (AvgIpc) is 3.37. The molecule has 0 bridgehead atoms. The quantitative estimate of drug-likeness (QED) is 0.579. The van der Waals surface area contributed by atoms with Crippen LogP contribution in [0.2, 0.25) is 0 Å². The molecule has 0 atom stereocenters. The van der Waals surface area contributed by atoms with Crippen LogP contribution in [0, 0.1) is 0 Å². The van der Waals surface area contributed by atoms with E-state index < -0.39 is 0 Å². The summed E-state index contributed by atoms with van der Waals surface area (Å²) in [6.07, 6.45) is 5.97. The number of imidazole rings is 1. The molecule has 0 spiro atoms. The molecule has 0 aliphatic heterocycles. The van der Waals surface area contributed by atoms with Crippen LogP contribution in [0.25, 0.3) is 17.2 Å². The largest absolute Gasteiger partial charge is 0.461 e. The fourth-order valence-electron chi connectivity index (χ4n) is 2.43. The zero-order valence-electron chi connectivity index (χ0n) is 13.3. The summed E-state index contributed by atoms with van der Waals surface area (Å²) in [6, 6.07) is 9.26. The van der Waals surface area contributed by atoms with Crippen LogP contribution >= 0.6 is 0 Å². The second-order valence-corrected chi connectivity index (χ2v) is 5.46. The summed E-state index contributed by atoms with van der Waals surface area (Å²) < 4.78 is 12.2. The van der Waals surface area contributed by atoms with E-state index in [9.17, 15) is 4.79 Å². The molecule has 4 rings (SSSR count). The van der Waals surface area contributed by atoms with Crippen LogP contribution in [0.15, 0.2) is 57.9 Å². The standard InChI is InChI=1S/C17H15N5O3/c23-15(18-10-12-11-22-8-2-1-5-14(22)19-12)6-7-16-20-17(21-25-16)13-4-3-9-24-13/h1-5,8-9,11H,6-7,10H2,(H,18,23). The third kappa shape index (κ3) is 3.42.